The Morgan fingerprint density at radius 3 is 2.28 bits per heavy atom. The first kappa shape index (κ1) is 26.3. The van der Waals surface area contributed by atoms with Gasteiger partial charge in [-0.25, -0.2) is 9.36 Å². The van der Waals surface area contributed by atoms with Gasteiger partial charge in [-0.3, -0.25) is 9.36 Å². The molecule has 9 heteroatoms. The second-order valence-electron chi connectivity index (χ2n) is 9.91. The first-order chi connectivity index (χ1) is 18.9. The van der Waals surface area contributed by atoms with E-state index in [1.807, 2.05) is 78.9 Å². The van der Waals surface area contributed by atoms with Crippen molar-refractivity contribution in [1.82, 2.24) is 29.8 Å². The monoisotopic (exact) mass is 540 g/mol. The maximum Gasteiger partial charge on any atom is 0.336 e. The lowest BCUT2D eigenvalue weighted by Crippen LogP contribution is -2.30. The van der Waals surface area contributed by atoms with Crippen molar-refractivity contribution in [3.8, 4) is 22.5 Å². The van der Waals surface area contributed by atoms with Gasteiger partial charge in [-0.15, -0.1) is 10.2 Å². The van der Waals surface area contributed by atoms with Gasteiger partial charge in [0.05, 0.1) is 18.7 Å². The molecule has 39 heavy (non-hydrogen) atoms. The first-order valence-corrected chi connectivity index (χ1v) is 13.3. The molecule has 3 aromatic carbocycles. The smallest absolute Gasteiger partial charge is 0.290 e. The van der Waals surface area contributed by atoms with E-state index in [4.69, 9.17) is 11.6 Å². The maximum absolute atomic E-state index is 13.6. The quantitative estimate of drug-likeness (QED) is 0.260. The van der Waals surface area contributed by atoms with Gasteiger partial charge in [0.25, 0.3) is 0 Å². The normalized spacial score (nSPS) is 11.3. The van der Waals surface area contributed by atoms with E-state index in [9.17, 15) is 9.59 Å². The molecule has 5 rings (SSSR count). The SMILES string of the molecule is CC(C)CCc1c(Cl)n(C(=O)Cc2ccccc2)c(=O)n1Cc1ccc(-c2ccccc2-c2nn[nH]n2)cc1. The summed E-state index contributed by atoms with van der Waals surface area (Å²) in [6.45, 7) is 4.56. The van der Waals surface area contributed by atoms with Gasteiger partial charge in [0.15, 0.2) is 0 Å². The number of H-pyrrole nitrogens is 1. The molecule has 0 saturated carbocycles. The molecule has 0 amide bonds. The number of hydrogen-bond acceptors (Lipinski definition) is 5. The van der Waals surface area contributed by atoms with Crippen LogP contribution in [-0.4, -0.2) is 35.7 Å². The fourth-order valence-corrected chi connectivity index (χ4v) is 4.99. The zero-order valence-corrected chi connectivity index (χ0v) is 22.6. The molecule has 8 nitrogen and oxygen atoms in total. The van der Waals surface area contributed by atoms with Crippen LogP contribution in [0.25, 0.3) is 22.5 Å². The zero-order valence-electron chi connectivity index (χ0n) is 21.8. The van der Waals surface area contributed by atoms with Crippen LogP contribution in [0.4, 0.5) is 0 Å². The summed E-state index contributed by atoms with van der Waals surface area (Å²) in [5, 5.41) is 14.6. The van der Waals surface area contributed by atoms with Crippen LogP contribution in [0.1, 0.15) is 41.9 Å². The number of carbonyl (C=O) groups is 1. The Labute approximate surface area is 231 Å². The van der Waals surface area contributed by atoms with E-state index in [1.54, 1.807) is 4.57 Å². The molecule has 5 aromatic rings. The van der Waals surface area contributed by atoms with Crippen molar-refractivity contribution in [3.05, 3.63) is 111 Å². The van der Waals surface area contributed by atoms with Crippen LogP contribution in [0.5, 0.6) is 0 Å². The summed E-state index contributed by atoms with van der Waals surface area (Å²) in [5.41, 5.74) is 4.86. The Hall–Kier alpha value is -4.30. The molecule has 0 aliphatic carbocycles. The van der Waals surface area contributed by atoms with E-state index in [2.05, 4.69) is 34.5 Å². The highest BCUT2D eigenvalue weighted by Gasteiger charge is 2.23. The van der Waals surface area contributed by atoms with E-state index in [-0.39, 0.29) is 17.5 Å². The highest BCUT2D eigenvalue weighted by atomic mass is 35.5. The summed E-state index contributed by atoms with van der Waals surface area (Å²) in [5.74, 6) is 0.605. The van der Waals surface area contributed by atoms with E-state index >= 15 is 0 Å². The number of benzene rings is 3. The molecule has 0 saturated heterocycles. The summed E-state index contributed by atoms with van der Waals surface area (Å²) in [6.07, 6.45) is 1.55. The van der Waals surface area contributed by atoms with Crippen molar-refractivity contribution in [2.75, 3.05) is 0 Å². The molecule has 0 radical (unpaired) electrons. The molecular weight excluding hydrogens is 512 g/mol. The van der Waals surface area contributed by atoms with E-state index in [1.165, 1.54) is 0 Å². The Balaban J connectivity index is 1.46. The minimum absolute atomic E-state index is 0.0998. The molecule has 0 spiro atoms. The van der Waals surface area contributed by atoms with Crippen LogP contribution in [0.3, 0.4) is 0 Å². The molecular formula is C30H29ClN6O2. The van der Waals surface area contributed by atoms with Gasteiger partial charge in [-0.1, -0.05) is 104 Å². The van der Waals surface area contributed by atoms with Crippen LogP contribution < -0.4 is 5.69 Å². The number of nitrogens with zero attached hydrogens (tertiary/aromatic N) is 5. The summed E-state index contributed by atoms with van der Waals surface area (Å²) >= 11 is 6.72. The van der Waals surface area contributed by atoms with Crippen LogP contribution in [0, 0.1) is 5.92 Å². The number of carbonyl (C=O) groups excluding carboxylic acids is 1. The van der Waals surface area contributed by atoms with Crippen molar-refractivity contribution in [2.24, 2.45) is 5.92 Å². The summed E-state index contributed by atoms with van der Waals surface area (Å²) in [6, 6.07) is 25.2. The Morgan fingerprint density at radius 2 is 1.62 bits per heavy atom. The van der Waals surface area contributed by atoms with Crippen LogP contribution in [-0.2, 0) is 19.4 Å². The van der Waals surface area contributed by atoms with Crippen molar-refractivity contribution in [2.45, 2.75) is 39.7 Å². The van der Waals surface area contributed by atoms with Crippen molar-refractivity contribution in [1.29, 1.82) is 0 Å². The summed E-state index contributed by atoms with van der Waals surface area (Å²) in [7, 11) is 0. The largest absolute Gasteiger partial charge is 0.336 e. The lowest BCUT2D eigenvalue weighted by molar-refractivity contribution is 0.0909. The summed E-state index contributed by atoms with van der Waals surface area (Å²) < 4.78 is 2.76. The fraction of sp³-hybridized carbons (Fsp3) is 0.233. The first-order valence-electron chi connectivity index (χ1n) is 12.9. The predicted octanol–water partition coefficient (Wildman–Crippen LogP) is 5.67. The number of tetrazole rings is 1. The topological polar surface area (TPSA) is 98.5 Å². The number of rotatable bonds is 9. The lowest BCUT2D eigenvalue weighted by atomic mass is 9.98. The number of halogens is 1. The van der Waals surface area contributed by atoms with Crippen molar-refractivity contribution < 1.29 is 4.79 Å². The Bertz CT molecular complexity index is 1620. The third-order valence-electron chi connectivity index (χ3n) is 6.71. The predicted molar refractivity (Wildman–Crippen MR) is 152 cm³/mol. The third kappa shape index (κ3) is 5.76. The Kier molecular flexibility index (Phi) is 7.84. The zero-order chi connectivity index (χ0) is 27.4. The number of hydrogen-bond donors (Lipinski definition) is 1. The third-order valence-corrected chi connectivity index (χ3v) is 7.09. The van der Waals surface area contributed by atoms with E-state index in [0.29, 0.717) is 30.4 Å². The molecule has 1 N–H and O–H groups in total. The van der Waals surface area contributed by atoms with E-state index < -0.39 is 5.69 Å². The number of aromatic amines is 1. The van der Waals surface area contributed by atoms with Crippen LogP contribution >= 0.6 is 11.6 Å². The number of imidazole rings is 1. The highest BCUT2D eigenvalue weighted by molar-refractivity contribution is 6.31. The molecule has 0 fully saturated rings. The van der Waals surface area contributed by atoms with Crippen LogP contribution in [0.2, 0.25) is 5.15 Å². The highest BCUT2D eigenvalue weighted by Crippen LogP contribution is 2.30. The van der Waals surface area contributed by atoms with Crippen LogP contribution in [0.15, 0.2) is 83.7 Å². The number of aromatic nitrogens is 6. The molecule has 0 aliphatic heterocycles. The molecule has 198 valence electrons. The fourth-order valence-electron chi connectivity index (χ4n) is 4.63. The molecule has 0 bridgehead atoms. The summed E-state index contributed by atoms with van der Waals surface area (Å²) in [4.78, 5) is 26.7. The van der Waals surface area contributed by atoms with Gasteiger partial charge in [-0.2, -0.15) is 5.21 Å². The van der Waals surface area contributed by atoms with Gasteiger partial charge in [0.2, 0.25) is 11.7 Å². The van der Waals surface area contributed by atoms with Gasteiger partial charge >= 0.3 is 5.69 Å². The molecule has 2 aromatic heterocycles. The second kappa shape index (κ2) is 11.6. The number of nitrogens with one attached hydrogen (secondary N) is 1. The lowest BCUT2D eigenvalue weighted by Gasteiger charge is -2.11. The van der Waals surface area contributed by atoms with Gasteiger partial charge in [0, 0.05) is 5.56 Å². The minimum atomic E-state index is -0.411. The van der Waals surface area contributed by atoms with Gasteiger partial charge in [-0.05, 0) is 46.2 Å². The van der Waals surface area contributed by atoms with Crippen molar-refractivity contribution >= 4 is 17.5 Å². The van der Waals surface area contributed by atoms with Gasteiger partial charge in [0.1, 0.15) is 5.15 Å². The van der Waals surface area contributed by atoms with Gasteiger partial charge < -0.3 is 0 Å². The standard InChI is InChI=1S/C30H29ClN6O2/c1-20(2)12-17-26-28(31)37(27(38)18-21-8-4-3-5-9-21)30(39)36(26)19-22-13-15-23(16-14-22)24-10-6-7-11-25(24)29-32-34-35-33-29/h3-11,13-16,20H,12,17-19H2,1-2H3,(H,32,33,34,35). The second-order valence-corrected chi connectivity index (χ2v) is 10.3. The Morgan fingerprint density at radius 1 is 0.923 bits per heavy atom. The molecule has 2 heterocycles. The maximum atomic E-state index is 13.6. The molecule has 0 aliphatic rings. The minimum Gasteiger partial charge on any atom is -0.290 e. The van der Waals surface area contributed by atoms with E-state index in [0.717, 1.165) is 38.8 Å². The molecule has 0 unspecified atom stereocenters. The average Bonchev–Trinajstić information content (AvgIpc) is 3.55. The van der Waals surface area contributed by atoms with Crippen molar-refractivity contribution in [3.63, 3.8) is 0 Å². The molecule has 0 atom stereocenters. The average molecular weight is 541 g/mol.